The number of carbonyl (C=O) groups excluding carboxylic acids is 1. The highest BCUT2D eigenvalue weighted by Crippen LogP contribution is 2.44. The zero-order valence-corrected chi connectivity index (χ0v) is 22.0. The van der Waals surface area contributed by atoms with Crippen LogP contribution in [0.2, 0.25) is 0 Å². The van der Waals surface area contributed by atoms with Crippen molar-refractivity contribution in [3.8, 4) is 17.3 Å². The maximum absolute atomic E-state index is 13.1. The van der Waals surface area contributed by atoms with Crippen LogP contribution in [0.1, 0.15) is 48.9 Å². The van der Waals surface area contributed by atoms with Crippen LogP contribution in [0.25, 0.3) is 22.3 Å². The third-order valence-corrected chi connectivity index (χ3v) is 7.84. The van der Waals surface area contributed by atoms with E-state index in [1.807, 2.05) is 54.2 Å². The van der Waals surface area contributed by atoms with E-state index in [9.17, 15) is 10.1 Å². The molecule has 1 aliphatic carbocycles. The van der Waals surface area contributed by atoms with Gasteiger partial charge in [0.2, 0.25) is 0 Å². The van der Waals surface area contributed by atoms with Crippen LogP contribution in [0, 0.1) is 11.3 Å². The van der Waals surface area contributed by atoms with Crippen molar-refractivity contribution in [3.05, 3.63) is 66.9 Å². The topological polar surface area (TPSA) is 133 Å². The summed E-state index contributed by atoms with van der Waals surface area (Å²) in [5.74, 6) is 0.823. The molecular formula is C28H30N10O. The highest BCUT2D eigenvalue weighted by Gasteiger charge is 2.47. The number of nitrogens with zero attached hydrogens (tertiary/aromatic N) is 9. The lowest BCUT2D eigenvalue weighted by molar-refractivity contribution is 0.00429. The lowest BCUT2D eigenvalue weighted by Gasteiger charge is -2.52. The molecule has 1 saturated carbocycles. The van der Waals surface area contributed by atoms with E-state index in [2.05, 4.69) is 35.9 Å². The lowest BCUT2D eigenvalue weighted by atomic mass is 9.71. The fourth-order valence-electron chi connectivity index (χ4n) is 5.62. The Kier molecular flexibility index (Phi) is 6.40. The Labute approximate surface area is 226 Å². The van der Waals surface area contributed by atoms with Crippen molar-refractivity contribution in [2.45, 2.75) is 44.2 Å². The van der Waals surface area contributed by atoms with Gasteiger partial charge in [-0.05, 0) is 31.1 Å². The molecule has 6 rings (SSSR count). The number of H-pyrrole nitrogens is 1. The van der Waals surface area contributed by atoms with Crippen molar-refractivity contribution in [2.24, 2.45) is 0 Å². The molecule has 39 heavy (non-hydrogen) atoms. The molecule has 4 aromatic rings. The summed E-state index contributed by atoms with van der Waals surface area (Å²) in [5, 5.41) is 14.9. The van der Waals surface area contributed by atoms with E-state index in [-0.39, 0.29) is 17.4 Å². The number of allylic oxidation sites excluding steroid dienone is 2. The Balaban J connectivity index is 1.13. The SMILES string of the molecule is CC(C)c1nccc(C(=O)N2CCN(C3CC(/C=C/C#N)(n4cc(-c5ncnc6[nH]ccc56)cn4)C3)CC2)n1. The molecule has 0 unspecified atom stereocenters. The first kappa shape index (κ1) is 24.9. The Bertz CT molecular complexity index is 1560. The van der Waals surface area contributed by atoms with Gasteiger partial charge in [0.25, 0.3) is 5.91 Å². The Morgan fingerprint density at radius 1 is 1.18 bits per heavy atom. The maximum atomic E-state index is 13.1. The molecule has 1 amide bonds. The van der Waals surface area contributed by atoms with Gasteiger partial charge >= 0.3 is 0 Å². The van der Waals surface area contributed by atoms with Crippen LogP contribution in [0.3, 0.4) is 0 Å². The third-order valence-electron chi connectivity index (χ3n) is 7.84. The van der Waals surface area contributed by atoms with Crippen molar-refractivity contribution in [2.75, 3.05) is 26.2 Å². The molecule has 1 aliphatic heterocycles. The number of aromatic nitrogens is 7. The highest BCUT2D eigenvalue weighted by atomic mass is 16.2. The van der Waals surface area contributed by atoms with Crippen LogP contribution >= 0.6 is 0 Å². The number of nitrogens with one attached hydrogen (secondary N) is 1. The van der Waals surface area contributed by atoms with Gasteiger partial charge in [-0.15, -0.1) is 0 Å². The summed E-state index contributed by atoms with van der Waals surface area (Å²) in [4.78, 5) is 38.1. The average molecular weight is 523 g/mol. The van der Waals surface area contributed by atoms with Crippen LogP contribution in [0.15, 0.2) is 55.4 Å². The summed E-state index contributed by atoms with van der Waals surface area (Å²) < 4.78 is 1.97. The largest absolute Gasteiger partial charge is 0.346 e. The van der Waals surface area contributed by atoms with Gasteiger partial charge in [-0.2, -0.15) is 10.4 Å². The second kappa shape index (κ2) is 10.0. The van der Waals surface area contributed by atoms with Gasteiger partial charge in [-0.3, -0.25) is 14.4 Å². The van der Waals surface area contributed by atoms with E-state index in [4.69, 9.17) is 5.10 Å². The maximum Gasteiger partial charge on any atom is 0.272 e. The van der Waals surface area contributed by atoms with Crippen LogP contribution in [0.5, 0.6) is 0 Å². The van der Waals surface area contributed by atoms with Gasteiger partial charge in [0.05, 0.1) is 23.5 Å². The molecule has 2 aliphatic rings. The predicted molar refractivity (Wildman–Crippen MR) is 144 cm³/mol. The first-order valence-electron chi connectivity index (χ1n) is 13.2. The van der Waals surface area contributed by atoms with Crippen molar-refractivity contribution in [3.63, 3.8) is 0 Å². The van der Waals surface area contributed by atoms with E-state index in [0.717, 1.165) is 48.2 Å². The molecule has 1 N–H and O–H groups in total. The molecule has 11 nitrogen and oxygen atoms in total. The third kappa shape index (κ3) is 4.57. The Morgan fingerprint density at radius 2 is 2.00 bits per heavy atom. The van der Waals surface area contributed by atoms with Gasteiger partial charge in [0.1, 0.15) is 23.5 Å². The molecule has 11 heteroatoms. The lowest BCUT2D eigenvalue weighted by Crippen LogP contribution is -2.60. The minimum atomic E-state index is -0.371. The summed E-state index contributed by atoms with van der Waals surface area (Å²) >= 11 is 0. The summed E-state index contributed by atoms with van der Waals surface area (Å²) in [6.45, 7) is 6.95. The van der Waals surface area contributed by atoms with Gasteiger partial charge in [0.15, 0.2) is 0 Å². The second-order valence-corrected chi connectivity index (χ2v) is 10.5. The molecule has 5 heterocycles. The second-order valence-electron chi connectivity index (χ2n) is 10.5. The highest BCUT2D eigenvalue weighted by molar-refractivity contribution is 5.92. The summed E-state index contributed by atoms with van der Waals surface area (Å²) in [5.41, 5.74) is 2.61. The normalized spacial score (nSPS) is 21.9. The monoisotopic (exact) mass is 522 g/mol. The van der Waals surface area contributed by atoms with Crippen LogP contribution in [-0.4, -0.2) is 82.6 Å². The molecule has 0 bridgehead atoms. The summed E-state index contributed by atoms with van der Waals surface area (Å²) in [7, 11) is 0. The van der Waals surface area contributed by atoms with Crippen molar-refractivity contribution < 1.29 is 4.79 Å². The number of hydrogen-bond donors (Lipinski definition) is 1. The fourth-order valence-corrected chi connectivity index (χ4v) is 5.62. The minimum absolute atomic E-state index is 0.0378. The molecule has 2 fully saturated rings. The first-order chi connectivity index (χ1) is 19.0. The number of carbonyl (C=O) groups is 1. The zero-order chi connectivity index (χ0) is 27.0. The smallest absolute Gasteiger partial charge is 0.272 e. The Hall–Kier alpha value is -4.43. The van der Waals surface area contributed by atoms with Crippen LogP contribution in [0.4, 0.5) is 0 Å². The Morgan fingerprint density at radius 3 is 2.77 bits per heavy atom. The van der Waals surface area contributed by atoms with Crippen molar-refractivity contribution in [1.82, 2.24) is 44.5 Å². The van der Waals surface area contributed by atoms with Gasteiger partial charge in [-0.1, -0.05) is 13.8 Å². The number of nitriles is 1. The van der Waals surface area contributed by atoms with E-state index in [1.165, 1.54) is 0 Å². The summed E-state index contributed by atoms with van der Waals surface area (Å²) in [6, 6.07) is 6.15. The predicted octanol–water partition coefficient (Wildman–Crippen LogP) is 3.13. The number of aromatic amines is 1. The van der Waals surface area contributed by atoms with Gasteiger partial charge in [-0.25, -0.2) is 19.9 Å². The number of hydrogen-bond acceptors (Lipinski definition) is 8. The first-order valence-corrected chi connectivity index (χ1v) is 13.2. The number of fused-ring (bicyclic) bond motifs is 1. The zero-order valence-electron chi connectivity index (χ0n) is 22.0. The molecule has 0 radical (unpaired) electrons. The number of rotatable bonds is 6. The molecule has 0 atom stereocenters. The minimum Gasteiger partial charge on any atom is -0.346 e. The number of amides is 1. The van der Waals surface area contributed by atoms with Crippen LogP contribution < -0.4 is 0 Å². The molecule has 198 valence electrons. The van der Waals surface area contributed by atoms with Gasteiger partial charge in [0, 0.05) is 73.8 Å². The molecular weight excluding hydrogens is 492 g/mol. The van der Waals surface area contributed by atoms with E-state index < -0.39 is 0 Å². The van der Waals surface area contributed by atoms with Crippen molar-refractivity contribution in [1.29, 1.82) is 5.26 Å². The van der Waals surface area contributed by atoms with E-state index in [1.54, 1.807) is 24.7 Å². The van der Waals surface area contributed by atoms with Crippen molar-refractivity contribution >= 4 is 16.9 Å². The van der Waals surface area contributed by atoms with E-state index >= 15 is 0 Å². The quantitative estimate of drug-likeness (QED) is 0.382. The average Bonchev–Trinajstić information content (AvgIpc) is 3.63. The number of piperazine rings is 1. The van der Waals surface area contributed by atoms with Crippen LogP contribution in [-0.2, 0) is 5.54 Å². The summed E-state index contributed by atoms with van der Waals surface area (Å²) in [6.07, 6.45) is 14.1. The standard InChI is InChI=1S/C28H30N10O/c1-19(2)25-30-9-5-23(35-25)27(39)37-12-10-36(11-13-37)21-14-28(15-21,6-3-7-29)38-17-20(16-34-38)24-22-4-8-31-26(22)33-18-32-24/h3-6,8-9,16-19,21H,10-15H2,1-2H3,(H,31,32,33)/b6-3+. The van der Waals surface area contributed by atoms with Gasteiger partial charge < -0.3 is 9.88 Å². The molecule has 0 aromatic carbocycles. The molecule has 4 aromatic heterocycles. The molecule has 0 spiro atoms. The fraction of sp³-hybridized carbons (Fsp3) is 0.393. The molecule has 1 saturated heterocycles. The van der Waals surface area contributed by atoms with E-state index in [0.29, 0.717) is 30.6 Å².